The zero-order valence-electron chi connectivity index (χ0n) is 15.3. The number of nitrogens with zero attached hydrogens (tertiary/aromatic N) is 2. The molecule has 28 heavy (non-hydrogen) atoms. The lowest BCUT2D eigenvalue weighted by Gasteiger charge is -2.25. The molecule has 1 atom stereocenters. The molecule has 2 heterocycles. The first kappa shape index (κ1) is 20.0. The minimum absolute atomic E-state index is 0.0218. The van der Waals surface area contributed by atoms with Gasteiger partial charge in [0, 0.05) is 31.1 Å². The fourth-order valence-electron chi connectivity index (χ4n) is 3.05. The van der Waals surface area contributed by atoms with E-state index in [0.717, 1.165) is 6.26 Å². The molecule has 1 unspecified atom stereocenters. The molecule has 150 valence electrons. The summed E-state index contributed by atoms with van der Waals surface area (Å²) in [6, 6.07) is 8.18. The van der Waals surface area contributed by atoms with Gasteiger partial charge in [-0.05, 0) is 31.0 Å². The minimum atomic E-state index is -3.22. The smallest absolute Gasteiger partial charge is 0.309 e. The highest BCUT2D eigenvalue weighted by molar-refractivity contribution is 7.90. The molecule has 0 radical (unpaired) electrons. The van der Waals surface area contributed by atoms with E-state index in [0.29, 0.717) is 25.1 Å². The first-order valence-electron chi connectivity index (χ1n) is 8.71. The third kappa shape index (κ3) is 4.76. The Bertz CT molecular complexity index is 1040. The van der Waals surface area contributed by atoms with Crippen LogP contribution in [0.2, 0.25) is 0 Å². The van der Waals surface area contributed by atoms with Gasteiger partial charge in [-0.25, -0.2) is 17.6 Å². The second-order valence-electron chi connectivity index (χ2n) is 6.63. The van der Waals surface area contributed by atoms with Gasteiger partial charge in [-0.2, -0.15) is 0 Å². The highest BCUT2D eigenvalue weighted by Crippen LogP contribution is 2.21. The van der Waals surface area contributed by atoms with E-state index < -0.39 is 27.9 Å². The quantitative estimate of drug-likeness (QED) is 0.781. The van der Waals surface area contributed by atoms with Crippen molar-refractivity contribution in [2.45, 2.75) is 19.0 Å². The fourth-order valence-corrected chi connectivity index (χ4v) is 3.55. The molecule has 0 spiro atoms. The van der Waals surface area contributed by atoms with Crippen LogP contribution in [0.25, 0.3) is 5.69 Å². The molecular formula is C18H21FN4O4S. The number of nitrogens with one attached hydrogen (secondary N) is 2. The summed E-state index contributed by atoms with van der Waals surface area (Å²) in [7, 11) is -3.22. The minimum Gasteiger partial charge on any atom is -0.309 e. The summed E-state index contributed by atoms with van der Waals surface area (Å²) in [5.74, 6) is -0.919. The lowest BCUT2D eigenvalue weighted by Crippen LogP contribution is -2.47. The molecule has 2 aromatic rings. The summed E-state index contributed by atoms with van der Waals surface area (Å²) in [5.41, 5.74) is 0.0250. The van der Waals surface area contributed by atoms with Crippen LogP contribution in [-0.2, 0) is 9.84 Å². The van der Waals surface area contributed by atoms with Gasteiger partial charge in [0.25, 0.3) is 5.56 Å². The molecule has 2 amide bonds. The van der Waals surface area contributed by atoms with Crippen LogP contribution in [0.3, 0.4) is 0 Å². The Kier molecular flexibility index (Phi) is 5.80. The van der Waals surface area contributed by atoms with E-state index >= 15 is 0 Å². The molecule has 1 aliphatic rings. The molecule has 1 aromatic heterocycles. The summed E-state index contributed by atoms with van der Waals surface area (Å²) < 4.78 is 38.4. The van der Waals surface area contributed by atoms with Crippen LogP contribution in [0.15, 0.2) is 47.4 Å². The number of aromatic nitrogens is 1. The number of pyridine rings is 1. The Morgan fingerprint density at radius 1 is 1.29 bits per heavy atom. The molecule has 0 saturated carbocycles. The zero-order valence-corrected chi connectivity index (χ0v) is 16.1. The molecule has 2 N–H and O–H groups in total. The van der Waals surface area contributed by atoms with Crippen LogP contribution in [0.4, 0.5) is 14.9 Å². The monoisotopic (exact) mass is 408 g/mol. The van der Waals surface area contributed by atoms with E-state index in [1.807, 2.05) is 0 Å². The molecule has 1 aliphatic heterocycles. The molecule has 3 rings (SSSR count). The van der Waals surface area contributed by atoms with E-state index in [2.05, 4.69) is 10.6 Å². The number of sulfone groups is 1. The number of urea groups is 1. The van der Waals surface area contributed by atoms with E-state index in [1.165, 1.54) is 39.9 Å². The van der Waals surface area contributed by atoms with Gasteiger partial charge < -0.3 is 10.2 Å². The summed E-state index contributed by atoms with van der Waals surface area (Å²) >= 11 is 0. The van der Waals surface area contributed by atoms with Gasteiger partial charge in [0.15, 0.2) is 9.84 Å². The number of carbonyl (C=O) groups is 1. The lowest BCUT2D eigenvalue weighted by molar-refractivity contribution is 0.198. The van der Waals surface area contributed by atoms with Crippen molar-refractivity contribution >= 4 is 21.6 Å². The second kappa shape index (κ2) is 8.11. The largest absolute Gasteiger partial charge is 0.323 e. The van der Waals surface area contributed by atoms with E-state index in [9.17, 15) is 22.4 Å². The van der Waals surface area contributed by atoms with Crippen molar-refractivity contribution in [3.63, 3.8) is 0 Å². The maximum absolute atomic E-state index is 14.5. The standard InChI is InChI=1S/C18H21FN4O4S/c1-28(26,27)12-20-16-5-4-10-23(16)18(25)21-15-8-7-13(11-14(15)19)22-9-3-2-6-17(22)24/h2-3,6-9,11,16,20H,4-5,10,12H2,1H3,(H,21,25). The van der Waals surface area contributed by atoms with Gasteiger partial charge in [0.1, 0.15) is 11.7 Å². The zero-order chi connectivity index (χ0) is 20.3. The Morgan fingerprint density at radius 2 is 2.07 bits per heavy atom. The maximum atomic E-state index is 14.5. The third-order valence-corrected chi connectivity index (χ3v) is 5.08. The first-order chi connectivity index (χ1) is 13.2. The number of benzene rings is 1. The Morgan fingerprint density at radius 3 is 2.75 bits per heavy atom. The van der Waals surface area contributed by atoms with Crippen molar-refractivity contribution in [3.8, 4) is 5.69 Å². The molecule has 1 aromatic carbocycles. The number of amides is 2. The number of rotatable bonds is 5. The van der Waals surface area contributed by atoms with Crippen molar-refractivity contribution in [3.05, 3.63) is 58.8 Å². The van der Waals surface area contributed by atoms with Gasteiger partial charge in [-0.1, -0.05) is 6.07 Å². The van der Waals surface area contributed by atoms with Crippen molar-refractivity contribution < 1.29 is 17.6 Å². The van der Waals surface area contributed by atoms with Gasteiger partial charge >= 0.3 is 6.03 Å². The van der Waals surface area contributed by atoms with Gasteiger partial charge in [0.05, 0.1) is 17.5 Å². The normalized spacial score (nSPS) is 16.9. The topological polar surface area (TPSA) is 101 Å². The van der Waals surface area contributed by atoms with Crippen LogP contribution >= 0.6 is 0 Å². The summed E-state index contributed by atoms with van der Waals surface area (Å²) in [6.07, 6.45) is 3.53. The third-order valence-electron chi connectivity index (χ3n) is 4.39. The van der Waals surface area contributed by atoms with Crippen LogP contribution < -0.4 is 16.2 Å². The van der Waals surface area contributed by atoms with Gasteiger partial charge in [-0.3, -0.25) is 14.7 Å². The highest BCUT2D eigenvalue weighted by Gasteiger charge is 2.29. The number of anilines is 1. The SMILES string of the molecule is CS(=O)(=O)CNC1CCCN1C(=O)Nc1ccc(-n2ccccc2=O)cc1F. The van der Waals surface area contributed by atoms with E-state index in [4.69, 9.17) is 0 Å². The molecule has 10 heteroatoms. The lowest BCUT2D eigenvalue weighted by atomic mass is 10.2. The summed E-state index contributed by atoms with van der Waals surface area (Å²) in [5, 5.41) is 5.34. The van der Waals surface area contributed by atoms with Crippen molar-refractivity contribution in [1.29, 1.82) is 0 Å². The van der Waals surface area contributed by atoms with Crippen molar-refractivity contribution in [2.24, 2.45) is 0 Å². The number of hydrogen-bond donors (Lipinski definition) is 2. The summed E-state index contributed by atoms with van der Waals surface area (Å²) in [6.45, 7) is 0.437. The van der Waals surface area contributed by atoms with E-state index in [1.54, 1.807) is 12.1 Å². The van der Waals surface area contributed by atoms with Gasteiger partial charge in [-0.15, -0.1) is 0 Å². The van der Waals surface area contributed by atoms with Crippen LogP contribution in [-0.4, -0.2) is 48.8 Å². The highest BCUT2D eigenvalue weighted by atomic mass is 32.2. The van der Waals surface area contributed by atoms with Crippen molar-refractivity contribution in [1.82, 2.24) is 14.8 Å². The predicted octanol–water partition coefficient (Wildman–Crippen LogP) is 1.52. The second-order valence-corrected chi connectivity index (χ2v) is 8.77. The average molecular weight is 408 g/mol. The number of hydrogen-bond acceptors (Lipinski definition) is 5. The van der Waals surface area contributed by atoms with Crippen LogP contribution in [0.5, 0.6) is 0 Å². The van der Waals surface area contributed by atoms with Gasteiger partial charge in [0.2, 0.25) is 0 Å². The number of carbonyl (C=O) groups excluding carboxylic acids is 1. The molecule has 1 saturated heterocycles. The van der Waals surface area contributed by atoms with Crippen molar-refractivity contribution in [2.75, 3.05) is 24.0 Å². The van der Waals surface area contributed by atoms with Crippen LogP contribution in [0.1, 0.15) is 12.8 Å². The van der Waals surface area contributed by atoms with E-state index in [-0.39, 0.29) is 17.1 Å². The fraction of sp³-hybridized carbons (Fsp3) is 0.333. The summed E-state index contributed by atoms with van der Waals surface area (Å²) in [4.78, 5) is 25.8. The number of likely N-dealkylation sites (tertiary alicyclic amines) is 1. The average Bonchev–Trinajstić information content (AvgIpc) is 3.10. The Balaban J connectivity index is 1.72. The molecular weight excluding hydrogens is 387 g/mol. The van der Waals surface area contributed by atoms with Crippen LogP contribution in [0, 0.1) is 5.82 Å². The Labute approximate surface area is 161 Å². The first-order valence-corrected chi connectivity index (χ1v) is 10.8. The predicted molar refractivity (Wildman–Crippen MR) is 104 cm³/mol. The maximum Gasteiger partial charge on any atom is 0.323 e. The molecule has 8 nitrogen and oxygen atoms in total. The molecule has 1 fully saturated rings. The molecule has 0 aliphatic carbocycles. The number of halogens is 1. The molecule has 0 bridgehead atoms. The Hall–Kier alpha value is -2.72.